The van der Waals surface area contributed by atoms with Gasteiger partial charge in [0.05, 0.1) is 46.2 Å². The number of anilines is 1. The van der Waals surface area contributed by atoms with Crippen molar-refractivity contribution >= 4 is 35.0 Å². The van der Waals surface area contributed by atoms with Crippen molar-refractivity contribution < 1.29 is 23.1 Å². The van der Waals surface area contributed by atoms with Crippen LogP contribution in [0.2, 0.25) is 36.3 Å². The molecule has 38 heavy (non-hydrogen) atoms. The smallest absolute Gasteiger partial charge is 0.192 e. The van der Waals surface area contributed by atoms with Crippen LogP contribution in [0.1, 0.15) is 52.7 Å². The fraction of sp³-hybridized carbons (Fsp3) is 0.793. The number of hydrogen-bond donors (Lipinski definition) is 1. The Hall–Kier alpha value is -0.396. The van der Waals surface area contributed by atoms with Gasteiger partial charge < -0.3 is 28.0 Å². The molecule has 0 saturated carbocycles. The molecule has 222 valence electrons. The van der Waals surface area contributed by atoms with Crippen molar-refractivity contribution in [1.82, 2.24) is 0 Å². The van der Waals surface area contributed by atoms with Crippen molar-refractivity contribution in [2.24, 2.45) is 0 Å². The maximum atomic E-state index is 6.61. The summed E-state index contributed by atoms with van der Waals surface area (Å²) in [6.45, 7) is 28.7. The molecule has 0 unspecified atom stereocenters. The first kappa shape index (κ1) is 35.6. The normalized spacial score (nSPS) is 13.3. The van der Waals surface area contributed by atoms with E-state index in [-0.39, 0.29) is 10.1 Å². The van der Waals surface area contributed by atoms with E-state index in [0.717, 1.165) is 18.8 Å². The Balaban J connectivity index is 3.06. The van der Waals surface area contributed by atoms with Gasteiger partial charge in [0, 0.05) is 31.6 Å². The van der Waals surface area contributed by atoms with Crippen molar-refractivity contribution in [3.05, 3.63) is 29.3 Å². The molecule has 0 bridgehead atoms. The summed E-state index contributed by atoms with van der Waals surface area (Å²) >= 11 is 4.54. The van der Waals surface area contributed by atoms with Gasteiger partial charge in [-0.3, -0.25) is 0 Å². The number of ether oxygens (including phenoxy) is 3. The topological polar surface area (TPSA) is 49.4 Å². The van der Waals surface area contributed by atoms with Crippen molar-refractivity contribution in [2.75, 3.05) is 63.9 Å². The third kappa shape index (κ3) is 12.4. The highest BCUT2D eigenvalue weighted by atomic mass is 32.1. The molecule has 0 heterocycles. The number of nitrogens with zero attached hydrogens (tertiary/aromatic N) is 1. The minimum absolute atomic E-state index is 0.168. The van der Waals surface area contributed by atoms with E-state index < -0.39 is 16.6 Å². The van der Waals surface area contributed by atoms with Gasteiger partial charge in [-0.25, -0.2) is 0 Å². The molecule has 0 aliphatic rings. The number of rotatable bonds is 18. The molecule has 0 aliphatic heterocycles. The Kier molecular flexibility index (Phi) is 15.1. The molecule has 0 fully saturated rings. The average molecular weight is 588 g/mol. The van der Waals surface area contributed by atoms with Gasteiger partial charge in [-0.1, -0.05) is 47.6 Å². The van der Waals surface area contributed by atoms with E-state index in [4.69, 9.17) is 23.1 Å². The van der Waals surface area contributed by atoms with Crippen molar-refractivity contribution in [3.63, 3.8) is 0 Å². The highest BCUT2D eigenvalue weighted by Gasteiger charge is 2.38. The summed E-state index contributed by atoms with van der Waals surface area (Å²) in [5.74, 6) is 0.765. The van der Waals surface area contributed by atoms with Crippen LogP contribution in [0.4, 0.5) is 5.69 Å². The fourth-order valence-electron chi connectivity index (χ4n) is 3.18. The predicted molar refractivity (Wildman–Crippen MR) is 170 cm³/mol. The lowest BCUT2D eigenvalue weighted by molar-refractivity contribution is 0.0265. The number of hydrogen-bond acceptors (Lipinski definition) is 7. The number of methoxy groups -OCH3 is 1. The van der Waals surface area contributed by atoms with E-state index in [1.54, 1.807) is 7.11 Å². The molecule has 0 aliphatic carbocycles. The molecule has 1 rings (SSSR count). The summed E-state index contributed by atoms with van der Waals surface area (Å²) in [5, 5.41) is 0.336. The predicted octanol–water partition coefficient (Wildman–Crippen LogP) is 7.15. The first-order valence-corrected chi connectivity index (χ1v) is 20.4. The van der Waals surface area contributed by atoms with E-state index in [2.05, 4.69) is 103 Å². The van der Waals surface area contributed by atoms with E-state index in [9.17, 15) is 0 Å². The van der Waals surface area contributed by atoms with Crippen molar-refractivity contribution in [2.45, 2.75) is 91.0 Å². The van der Waals surface area contributed by atoms with Gasteiger partial charge in [-0.15, -0.1) is 0 Å². The van der Waals surface area contributed by atoms with Crippen LogP contribution in [0.25, 0.3) is 0 Å². The number of benzene rings is 1. The Morgan fingerprint density at radius 3 is 1.55 bits per heavy atom. The first-order chi connectivity index (χ1) is 17.5. The molecule has 0 amide bonds. The third-order valence-electron chi connectivity index (χ3n) is 7.89. The Labute approximate surface area is 241 Å². The zero-order valence-electron chi connectivity index (χ0n) is 26.2. The Bertz CT molecular complexity index is 761. The summed E-state index contributed by atoms with van der Waals surface area (Å²) in [4.78, 5) is 2.35. The maximum Gasteiger partial charge on any atom is 0.192 e. The van der Waals surface area contributed by atoms with Crippen LogP contribution < -0.4 is 4.90 Å². The maximum absolute atomic E-state index is 6.61. The molecular weight excluding hydrogens is 531 g/mol. The van der Waals surface area contributed by atoms with E-state index in [0.29, 0.717) is 46.2 Å². The molecule has 0 saturated heterocycles. The molecule has 6 nitrogen and oxygen atoms in total. The molecule has 0 aromatic heterocycles. The lowest BCUT2D eigenvalue weighted by atomic mass is 10.1. The number of thiol groups is 1. The lowest BCUT2D eigenvalue weighted by Gasteiger charge is -2.37. The molecule has 9 heteroatoms. The van der Waals surface area contributed by atoms with Crippen LogP contribution >= 0.6 is 12.6 Å². The van der Waals surface area contributed by atoms with Crippen LogP contribution in [0, 0.1) is 0 Å². The minimum atomic E-state index is -1.87. The van der Waals surface area contributed by atoms with Crippen LogP contribution in [0.5, 0.6) is 0 Å². The SMILES string of the molecule is COCCOCCOCCN(CCS)c1cc(CO[Si](C)(C)C(C)(C)C)cc(CO[Si](C)(C)C(C)(C)C)c1. The first-order valence-electron chi connectivity index (χ1n) is 13.9. The molecule has 1 aromatic carbocycles. The van der Waals surface area contributed by atoms with Crippen LogP contribution in [0.3, 0.4) is 0 Å². The standard InChI is InChI=1S/C29H57NO5SSi2/c1-28(2,3)37(8,9)34-23-25-20-26(24-35-38(10,11)29(4,5)6)22-27(21-25)30(13-19-36)12-14-32-17-18-33-16-15-31-7/h20-22,36H,12-19,23-24H2,1-11H3. The quantitative estimate of drug-likeness (QED) is 0.112. The Morgan fingerprint density at radius 2 is 1.13 bits per heavy atom. The molecule has 0 N–H and O–H groups in total. The van der Waals surface area contributed by atoms with Crippen molar-refractivity contribution in [1.29, 1.82) is 0 Å². The van der Waals surface area contributed by atoms with E-state index in [1.807, 2.05) is 0 Å². The van der Waals surface area contributed by atoms with Gasteiger partial charge in [-0.2, -0.15) is 12.6 Å². The third-order valence-corrected chi connectivity index (χ3v) is 17.1. The van der Waals surface area contributed by atoms with Crippen LogP contribution in [-0.4, -0.2) is 75.6 Å². The largest absolute Gasteiger partial charge is 0.413 e. The zero-order chi connectivity index (χ0) is 29.0. The van der Waals surface area contributed by atoms with Crippen LogP contribution in [-0.2, 0) is 36.3 Å². The summed E-state index contributed by atoms with van der Waals surface area (Å²) < 4.78 is 29.6. The van der Waals surface area contributed by atoms with E-state index in [1.165, 1.54) is 16.8 Å². The summed E-state index contributed by atoms with van der Waals surface area (Å²) in [6, 6.07) is 6.79. The monoisotopic (exact) mass is 587 g/mol. The summed E-state index contributed by atoms with van der Waals surface area (Å²) in [6.07, 6.45) is 0. The zero-order valence-corrected chi connectivity index (χ0v) is 29.1. The molecule has 1 aromatic rings. The average Bonchev–Trinajstić information content (AvgIpc) is 2.81. The molecule has 0 spiro atoms. The van der Waals surface area contributed by atoms with Crippen LogP contribution in [0.15, 0.2) is 18.2 Å². The highest BCUT2D eigenvalue weighted by Crippen LogP contribution is 2.38. The van der Waals surface area contributed by atoms with E-state index >= 15 is 0 Å². The van der Waals surface area contributed by atoms with Crippen molar-refractivity contribution in [3.8, 4) is 0 Å². The van der Waals surface area contributed by atoms with Gasteiger partial charge in [0.25, 0.3) is 0 Å². The highest BCUT2D eigenvalue weighted by molar-refractivity contribution is 7.80. The van der Waals surface area contributed by atoms with Gasteiger partial charge in [0.2, 0.25) is 0 Å². The molecule has 0 radical (unpaired) electrons. The fourth-order valence-corrected chi connectivity index (χ4v) is 5.34. The second-order valence-electron chi connectivity index (χ2n) is 13.0. The van der Waals surface area contributed by atoms with Gasteiger partial charge in [0.15, 0.2) is 16.6 Å². The summed E-state index contributed by atoms with van der Waals surface area (Å²) in [7, 11) is -2.07. The van der Waals surface area contributed by atoms with Gasteiger partial charge >= 0.3 is 0 Å². The van der Waals surface area contributed by atoms with Gasteiger partial charge in [-0.05, 0) is 59.5 Å². The minimum Gasteiger partial charge on any atom is -0.413 e. The second kappa shape index (κ2) is 16.1. The lowest BCUT2D eigenvalue weighted by Crippen LogP contribution is -2.40. The summed E-state index contributed by atoms with van der Waals surface area (Å²) in [5.41, 5.74) is 3.56. The second-order valence-corrected chi connectivity index (χ2v) is 23.1. The van der Waals surface area contributed by atoms with Gasteiger partial charge in [0.1, 0.15) is 0 Å². The Morgan fingerprint density at radius 1 is 0.684 bits per heavy atom. The molecule has 0 atom stereocenters. The molecular formula is C29H57NO5SSi2.